The van der Waals surface area contributed by atoms with Crippen LogP contribution in [0.5, 0.6) is 5.75 Å². The van der Waals surface area contributed by atoms with Gasteiger partial charge in [0.2, 0.25) is 5.91 Å². The minimum atomic E-state index is 0.115. The molecule has 3 heterocycles. The fraction of sp³-hybridized carbons (Fsp3) is 0.571. The van der Waals surface area contributed by atoms with Gasteiger partial charge in [-0.3, -0.25) is 9.48 Å². The molecule has 7 heteroatoms. The summed E-state index contributed by atoms with van der Waals surface area (Å²) in [7, 11) is 3.64. The second-order valence-electron chi connectivity index (χ2n) is 7.79. The Morgan fingerprint density at radius 3 is 2.79 bits per heavy atom. The summed E-state index contributed by atoms with van der Waals surface area (Å²) in [5.41, 5.74) is 2.44. The van der Waals surface area contributed by atoms with Crippen LogP contribution in [0.1, 0.15) is 56.3 Å². The summed E-state index contributed by atoms with van der Waals surface area (Å²) in [6.45, 7) is 3.02. The van der Waals surface area contributed by atoms with Crippen molar-refractivity contribution in [1.29, 1.82) is 0 Å². The molecule has 1 fully saturated rings. The van der Waals surface area contributed by atoms with Crippen LogP contribution < -0.4 is 9.64 Å². The van der Waals surface area contributed by atoms with E-state index in [0.29, 0.717) is 12.6 Å². The molecular formula is C21H29N5O2. The van der Waals surface area contributed by atoms with Crippen molar-refractivity contribution in [3.8, 4) is 5.75 Å². The van der Waals surface area contributed by atoms with Crippen molar-refractivity contribution in [2.45, 2.75) is 58.0 Å². The Hall–Kier alpha value is -2.57. The Morgan fingerprint density at radius 2 is 2.07 bits per heavy atom. The summed E-state index contributed by atoms with van der Waals surface area (Å²) in [4.78, 5) is 20.4. The lowest BCUT2D eigenvalue weighted by Gasteiger charge is -2.29. The van der Waals surface area contributed by atoms with Crippen molar-refractivity contribution in [3.05, 3.63) is 29.6 Å². The van der Waals surface area contributed by atoms with E-state index in [1.54, 1.807) is 20.2 Å². The lowest BCUT2D eigenvalue weighted by atomic mass is 9.95. The number of ether oxygens (including phenoxy) is 1. The summed E-state index contributed by atoms with van der Waals surface area (Å²) in [5, 5.41) is 5.06. The Labute approximate surface area is 166 Å². The maximum Gasteiger partial charge on any atom is 0.219 e. The van der Waals surface area contributed by atoms with Crippen molar-refractivity contribution in [2.75, 3.05) is 25.6 Å². The third kappa shape index (κ3) is 3.45. The molecule has 28 heavy (non-hydrogen) atoms. The van der Waals surface area contributed by atoms with Gasteiger partial charge < -0.3 is 14.5 Å². The van der Waals surface area contributed by atoms with Gasteiger partial charge in [0.05, 0.1) is 19.7 Å². The minimum absolute atomic E-state index is 0.115. The normalized spacial score (nSPS) is 17.3. The molecular weight excluding hydrogens is 354 g/mol. The van der Waals surface area contributed by atoms with Gasteiger partial charge in [0.25, 0.3) is 0 Å². The van der Waals surface area contributed by atoms with Crippen LogP contribution in [0.15, 0.2) is 18.3 Å². The molecule has 1 aliphatic carbocycles. The molecule has 1 aliphatic heterocycles. The van der Waals surface area contributed by atoms with E-state index in [4.69, 9.17) is 9.84 Å². The number of amides is 1. The standard InChI is InChI=1S/C21H29N5O2/c1-15(27)25-12-10-19-18(14-25)21(23-26(19)16-7-5-4-6-8-16)24(2)20-13-17(28-3)9-11-22-20/h9,11,13,16H,4-8,10,12,14H2,1-3H3. The zero-order chi connectivity index (χ0) is 19.7. The highest BCUT2D eigenvalue weighted by Crippen LogP contribution is 2.37. The molecule has 2 aromatic heterocycles. The predicted molar refractivity (Wildman–Crippen MR) is 108 cm³/mol. The first-order valence-corrected chi connectivity index (χ1v) is 10.2. The Balaban J connectivity index is 1.75. The maximum atomic E-state index is 12.0. The molecule has 7 nitrogen and oxygen atoms in total. The Morgan fingerprint density at radius 1 is 1.29 bits per heavy atom. The molecule has 4 rings (SSSR count). The second kappa shape index (κ2) is 7.81. The molecule has 0 unspecified atom stereocenters. The monoisotopic (exact) mass is 383 g/mol. The molecule has 150 valence electrons. The Bertz CT molecular complexity index is 856. The zero-order valence-corrected chi connectivity index (χ0v) is 17.0. The molecule has 2 aromatic rings. The molecule has 0 aromatic carbocycles. The van der Waals surface area contributed by atoms with Crippen LogP contribution >= 0.6 is 0 Å². The van der Waals surface area contributed by atoms with Crippen LogP contribution in [0.3, 0.4) is 0 Å². The number of hydrogen-bond donors (Lipinski definition) is 0. The lowest BCUT2D eigenvalue weighted by molar-refractivity contribution is -0.129. The summed E-state index contributed by atoms with van der Waals surface area (Å²) in [5.74, 6) is 2.56. The fourth-order valence-electron chi connectivity index (χ4n) is 4.41. The van der Waals surface area contributed by atoms with E-state index >= 15 is 0 Å². The first-order valence-electron chi connectivity index (χ1n) is 10.2. The fourth-order valence-corrected chi connectivity index (χ4v) is 4.41. The number of nitrogens with zero attached hydrogens (tertiary/aromatic N) is 5. The number of pyridine rings is 1. The van der Waals surface area contributed by atoms with Crippen LogP contribution in [0.2, 0.25) is 0 Å². The van der Waals surface area contributed by atoms with Gasteiger partial charge in [0.1, 0.15) is 11.6 Å². The SMILES string of the molecule is COc1ccnc(N(C)c2nn(C3CCCCC3)c3c2CN(C(C)=O)CC3)c1. The summed E-state index contributed by atoms with van der Waals surface area (Å²) in [6.07, 6.45) is 8.83. The van der Waals surface area contributed by atoms with Crippen LogP contribution in [-0.4, -0.2) is 46.3 Å². The molecule has 1 saturated carbocycles. The van der Waals surface area contributed by atoms with Crippen LogP contribution in [0, 0.1) is 0 Å². The number of aromatic nitrogens is 3. The van der Waals surface area contributed by atoms with Gasteiger partial charge in [-0.05, 0) is 18.9 Å². The van der Waals surface area contributed by atoms with Gasteiger partial charge in [-0.2, -0.15) is 5.10 Å². The molecule has 0 saturated heterocycles. The van der Waals surface area contributed by atoms with E-state index in [1.807, 2.05) is 29.0 Å². The van der Waals surface area contributed by atoms with Crippen molar-refractivity contribution in [1.82, 2.24) is 19.7 Å². The van der Waals surface area contributed by atoms with Crippen molar-refractivity contribution >= 4 is 17.5 Å². The highest BCUT2D eigenvalue weighted by molar-refractivity contribution is 5.74. The van der Waals surface area contributed by atoms with E-state index in [1.165, 1.54) is 37.8 Å². The van der Waals surface area contributed by atoms with Crippen LogP contribution in [-0.2, 0) is 17.8 Å². The smallest absolute Gasteiger partial charge is 0.219 e. The number of fused-ring (bicyclic) bond motifs is 1. The first kappa shape index (κ1) is 18.8. The minimum Gasteiger partial charge on any atom is -0.497 e. The topological polar surface area (TPSA) is 63.5 Å². The molecule has 0 radical (unpaired) electrons. The number of anilines is 2. The van der Waals surface area contributed by atoms with Crippen LogP contribution in [0.4, 0.5) is 11.6 Å². The van der Waals surface area contributed by atoms with Gasteiger partial charge >= 0.3 is 0 Å². The largest absolute Gasteiger partial charge is 0.497 e. The van der Waals surface area contributed by atoms with Gasteiger partial charge in [0, 0.05) is 50.5 Å². The molecule has 0 atom stereocenters. The lowest BCUT2D eigenvalue weighted by Crippen LogP contribution is -2.35. The van der Waals surface area contributed by atoms with E-state index in [0.717, 1.165) is 35.9 Å². The average Bonchev–Trinajstić information content (AvgIpc) is 3.12. The number of carbonyl (C=O) groups excluding carboxylic acids is 1. The molecule has 0 spiro atoms. The van der Waals surface area contributed by atoms with Crippen LogP contribution in [0.25, 0.3) is 0 Å². The highest BCUT2D eigenvalue weighted by Gasteiger charge is 2.31. The molecule has 2 aliphatic rings. The molecule has 1 amide bonds. The predicted octanol–water partition coefficient (Wildman–Crippen LogP) is 3.46. The van der Waals surface area contributed by atoms with Crippen molar-refractivity contribution < 1.29 is 9.53 Å². The van der Waals surface area contributed by atoms with E-state index in [2.05, 4.69) is 9.67 Å². The number of carbonyl (C=O) groups is 1. The van der Waals surface area contributed by atoms with Gasteiger partial charge in [-0.25, -0.2) is 4.98 Å². The zero-order valence-electron chi connectivity index (χ0n) is 17.0. The highest BCUT2D eigenvalue weighted by atomic mass is 16.5. The third-order valence-corrected chi connectivity index (χ3v) is 6.04. The average molecular weight is 383 g/mol. The van der Waals surface area contributed by atoms with Crippen molar-refractivity contribution in [3.63, 3.8) is 0 Å². The number of methoxy groups -OCH3 is 1. The van der Waals surface area contributed by atoms with Gasteiger partial charge in [0.15, 0.2) is 5.82 Å². The molecule has 0 N–H and O–H groups in total. The summed E-state index contributed by atoms with van der Waals surface area (Å²) >= 11 is 0. The van der Waals surface area contributed by atoms with Gasteiger partial charge in [-0.15, -0.1) is 0 Å². The molecule has 0 bridgehead atoms. The number of hydrogen-bond acceptors (Lipinski definition) is 5. The second-order valence-corrected chi connectivity index (χ2v) is 7.79. The van der Waals surface area contributed by atoms with Gasteiger partial charge in [-0.1, -0.05) is 19.3 Å². The first-order chi connectivity index (χ1) is 13.6. The van der Waals surface area contributed by atoms with Crippen molar-refractivity contribution in [2.24, 2.45) is 0 Å². The van der Waals surface area contributed by atoms with E-state index in [-0.39, 0.29) is 5.91 Å². The maximum absolute atomic E-state index is 12.0. The summed E-state index contributed by atoms with van der Waals surface area (Å²) in [6, 6.07) is 4.22. The summed E-state index contributed by atoms with van der Waals surface area (Å²) < 4.78 is 7.62. The number of rotatable bonds is 4. The van der Waals surface area contributed by atoms with E-state index in [9.17, 15) is 4.79 Å². The van der Waals surface area contributed by atoms with E-state index < -0.39 is 0 Å². The Kier molecular flexibility index (Phi) is 5.24. The third-order valence-electron chi connectivity index (χ3n) is 6.04. The quantitative estimate of drug-likeness (QED) is 0.809.